The number of fused-ring (bicyclic) bond motifs is 2. The molecule has 3 heteroatoms. The zero-order valence-corrected chi connectivity index (χ0v) is 9.16. The van der Waals surface area contributed by atoms with Crippen LogP contribution in [0.1, 0.15) is 30.4 Å². The van der Waals surface area contributed by atoms with Crippen LogP contribution in [0.2, 0.25) is 0 Å². The van der Waals surface area contributed by atoms with Gasteiger partial charge >= 0.3 is 6.09 Å². The first kappa shape index (κ1) is 9.70. The van der Waals surface area contributed by atoms with Crippen LogP contribution in [0.3, 0.4) is 0 Å². The van der Waals surface area contributed by atoms with Crippen LogP contribution >= 0.6 is 0 Å². The predicted molar refractivity (Wildman–Crippen MR) is 60.2 cm³/mol. The summed E-state index contributed by atoms with van der Waals surface area (Å²) in [6.07, 6.45) is 4.13. The number of hydrogen-bond acceptors (Lipinski definition) is 2. The highest BCUT2D eigenvalue weighted by atomic mass is 16.6. The Labute approximate surface area is 94.8 Å². The summed E-state index contributed by atoms with van der Waals surface area (Å²) in [4.78, 5) is 11.3. The molecule has 1 aliphatic carbocycles. The van der Waals surface area contributed by atoms with Crippen LogP contribution in [0.5, 0.6) is 0 Å². The van der Waals surface area contributed by atoms with Gasteiger partial charge in [0.05, 0.1) is 0 Å². The maximum Gasteiger partial charge on any atom is 0.408 e. The summed E-state index contributed by atoms with van der Waals surface area (Å²) in [5.41, 5.74) is 2.34. The fraction of sp³-hybridized carbons (Fsp3) is 0.462. The minimum absolute atomic E-state index is 0.260. The smallest absolute Gasteiger partial charge is 0.408 e. The van der Waals surface area contributed by atoms with E-state index in [2.05, 4.69) is 23.5 Å². The maximum atomic E-state index is 11.3. The molecule has 1 unspecified atom stereocenters. The molecule has 0 radical (unpaired) electrons. The molecule has 1 aromatic carbocycles. The number of alkyl carbamates (subject to hydrolysis) is 1. The molecular weight excluding hydrogens is 202 g/mol. The van der Waals surface area contributed by atoms with Crippen LogP contribution in [0.15, 0.2) is 24.3 Å². The molecule has 0 saturated carbocycles. The number of hydrogen-bond donors (Lipinski definition) is 1. The number of benzene rings is 1. The summed E-state index contributed by atoms with van der Waals surface area (Å²) in [7, 11) is 0. The number of rotatable bonds is 0. The van der Waals surface area contributed by atoms with Gasteiger partial charge in [0.1, 0.15) is 12.1 Å². The average Bonchev–Trinajstić information content (AvgIpc) is 2.58. The Morgan fingerprint density at radius 3 is 2.94 bits per heavy atom. The third-order valence-electron chi connectivity index (χ3n) is 3.62. The molecule has 1 atom stereocenters. The van der Waals surface area contributed by atoms with E-state index in [1.165, 1.54) is 17.5 Å². The van der Waals surface area contributed by atoms with Gasteiger partial charge in [-0.2, -0.15) is 0 Å². The van der Waals surface area contributed by atoms with Crippen molar-refractivity contribution in [2.24, 2.45) is 0 Å². The second-order valence-corrected chi connectivity index (χ2v) is 4.65. The second-order valence-electron chi connectivity index (χ2n) is 4.65. The van der Waals surface area contributed by atoms with E-state index in [0.717, 1.165) is 19.3 Å². The molecule has 84 valence electrons. The van der Waals surface area contributed by atoms with Crippen LogP contribution in [0.25, 0.3) is 0 Å². The molecule has 2 aliphatic rings. The molecule has 0 bridgehead atoms. The van der Waals surface area contributed by atoms with Crippen molar-refractivity contribution in [1.82, 2.24) is 5.32 Å². The van der Waals surface area contributed by atoms with Gasteiger partial charge in [-0.05, 0) is 30.4 Å². The molecule has 0 aromatic heterocycles. The fourth-order valence-electron chi connectivity index (χ4n) is 2.82. The Bertz CT molecular complexity index is 430. The van der Waals surface area contributed by atoms with Crippen LogP contribution in [0.4, 0.5) is 4.79 Å². The van der Waals surface area contributed by atoms with Gasteiger partial charge in [0.2, 0.25) is 0 Å². The van der Waals surface area contributed by atoms with Crippen molar-refractivity contribution in [2.45, 2.75) is 31.2 Å². The Hall–Kier alpha value is -1.51. The topological polar surface area (TPSA) is 38.3 Å². The first-order valence-electron chi connectivity index (χ1n) is 5.83. The van der Waals surface area contributed by atoms with E-state index in [1.807, 2.05) is 6.07 Å². The van der Waals surface area contributed by atoms with Crippen LogP contribution in [-0.4, -0.2) is 12.7 Å². The molecule has 1 N–H and O–H groups in total. The molecule has 1 aromatic rings. The Morgan fingerprint density at radius 1 is 1.25 bits per heavy atom. The summed E-state index contributed by atoms with van der Waals surface area (Å²) in [5.74, 6) is 0. The van der Waals surface area contributed by atoms with Crippen LogP contribution < -0.4 is 5.32 Å². The monoisotopic (exact) mass is 217 g/mol. The van der Waals surface area contributed by atoms with Crippen molar-refractivity contribution >= 4 is 6.09 Å². The molecule has 16 heavy (non-hydrogen) atoms. The first-order chi connectivity index (χ1) is 7.80. The van der Waals surface area contributed by atoms with E-state index in [1.54, 1.807) is 0 Å². The van der Waals surface area contributed by atoms with Crippen LogP contribution in [0, 0.1) is 0 Å². The molecule has 1 aliphatic heterocycles. The average molecular weight is 217 g/mol. The predicted octanol–water partition coefficient (Wildman–Crippen LogP) is 2.35. The summed E-state index contributed by atoms with van der Waals surface area (Å²) in [6, 6.07) is 8.38. The lowest BCUT2D eigenvalue weighted by molar-refractivity contribution is 0.171. The SMILES string of the molecule is O=C1NC2(CCCCc3ccccc32)CO1. The van der Waals surface area contributed by atoms with Gasteiger partial charge in [0.25, 0.3) is 0 Å². The molecule has 3 rings (SSSR count). The third kappa shape index (κ3) is 1.39. The number of carbonyl (C=O) groups excluding carboxylic acids is 1. The molecule has 1 saturated heterocycles. The van der Waals surface area contributed by atoms with Gasteiger partial charge in [-0.25, -0.2) is 4.79 Å². The third-order valence-corrected chi connectivity index (χ3v) is 3.62. The summed E-state index contributed by atoms with van der Waals surface area (Å²) in [6.45, 7) is 0.475. The van der Waals surface area contributed by atoms with Crippen molar-refractivity contribution in [3.8, 4) is 0 Å². The normalized spacial score (nSPS) is 28.1. The van der Waals surface area contributed by atoms with E-state index in [4.69, 9.17) is 4.74 Å². The summed E-state index contributed by atoms with van der Waals surface area (Å²) >= 11 is 0. The van der Waals surface area contributed by atoms with E-state index in [0.29, 0.717) is 6.61 Å². The summed E-state index contributed by atoms with van der Waals surface area (Å²) in [5, 5.41) is 3.00. The van der Waals surface area contributed by atoms with Crippen molar-refractivity contribution in [3.05, 3.63) is 35.4 Å². The first-order valence-corrected chi connectivity index (χ1v) is 5.83. The van der Waals surface area contributed by atoms with Crippen molar-refractivity contribution in [2.75, 3.05) is 6.61 Å². The Balaban J connectivity index is 2.09. The number of carbonyl (C=O) groups is 1. The fourth-order valence-corrected chi connectivity index (χ4v) is 2.82. The maximum absolute atomic E-state index is 11.3. The minimum atomic E-state index is -0.281. The van der Waals surface area contributed by atoms with Gasteiger partial charge in [0, 0.05) is 0 Å². The zero-order chi connectivity index (χ0) is 11.0. The van der Waals surface area contributed by atoms with Gasteiger partial charge < -0.3 is 10.1 Å². The zero-order valence-electron chi connectivity index (χ0n) is 9.16. The molecular formula is C13H15NO2. The number of amides is 1. The van der Waals surface area contributed by atoms with E-state index in [9.17, 15) is 4.79 Å². The highest BCUT2D eigenvalue weighted by Crippen LogP contribution is 2.36. The molecule has 3 nitrogen and oxygen atoms in total. The lowest BCUT2D eigenvalue weighted by Gasteiger charge is -2.27. The standard InChI is InChI=1S/C13H15NO2/c15-12-14-13(9-16-12)8-4-3-6-10-5-1-2-7-11(10)13/h1-2,5,7H,3-4,6,8-9H2,(H,14,15). The molecule has 1 heterocycles. The quantitative estimate of drug-likeness (QED) is 0.724. The van der Waals surface area contributed by atoms with Gasteiger partial charge in [-0.15, -0.1) is 0 Å². The Morgan fingerprint density at radius 2 is 2.12 bits per heavy atom. The highest BCUT2D eigenvalue weighted by Gasteiger charge is 2.42. The second kappa shape index (κ2) is 3.51. The lowest BCUT2D eigenvalue weighted by atomic mass is 9.86. The van der Waals surface area contributed by atoms with Crippen LogP contribution in [-0.2, 0) is 16.7 Å². The lowest BCUT2D eigenvalue weighted by Crippen LogP contribution is -2.40. The van der Waals surface area contributed by atoms with Gasteiger partial charge in [-0.3, -0.25) is 0 Å². The Kier molecular flexibility index (Phi) is 2.13. The number of aryl methyl sites for hydroxylation is 1. The minimum Gasteiger partial charge on any atom is -0.447 e. The van der Waals surface area contributed by atoms with Crippen molar-refractivity contribution in [1.29, 1.82) is 0 Å². The molecule has 1 spiro atoms. The number of nitrogens with one attached hydrogen (secondary N) is 1. The van der Waals surface area contributed by atoms with Gasteiger partial charge in [0.15, 0.2) is 0 Å². The van der Waals surface area contributed by atoms with Crippen molar-refractivity contribution < 1.29 is 9.53 Å². The van der Waals surface area contributed by atoms with E-state index < -0.39 is 0 Å². The highest BCUT2D eigenvalue weighted by molar-refractivity contribution is 5.71. The number of ether oxygens (including phenoxy) is 1. The largest absolute Gasteiger partial charge is 0.447 e. The summed E-state index contributed by atoms with van der Waals surface area (Å²) < 4.78 is 5.11. The molecule has 1 fully saturated rings. The van der Waals surface area contributed by atoms with Crippen molar-refractivity contribution in [3.63, 3.8) is 0 Å². The molecule has 1 amide bonds. The van der Waals surface area contributed by atoms with Gasteiger partial charge in [-0.1, -0.05) is 30.7 Å². The van der Waals surface area contributed by atoms with E-state index >= 15 is 0 Å². The van der Waals surface area contributed by atoms with E-state index in [-0.39, 0.29) is 11.6 Å². The number of cyclic esters (lactones) is 1.